The first-order chi connectivity index (χ1) is 3.30. The van der Waals surface area contributed by atoms with Gasteiger partial charge in [-0.05, 0) is 13.3 Å². The third-order valence-electron chi connectivity index (χ3n) is 1.34. The van der Waals surface area contributed by atoms with Gasteiger partial charge in [0, 0.05) is 11.9 Å². The van der Waals surface area contributed by atoms with E-state index in [4.69, 9.17) is 4.74 Å². The molecule has 0 unspecified atom stereocenters. The van der Waals surface area contributed by atoms with E-state index >= 15 is 0 Å². The molecule has 0 aromatic heterocycles. The summed E-state index contributed by atoms with van der Waals surface area (Å²) >= 11 is 4.26. The molecule has 1 saturated heterocycles. The van der Waals surface area contributed by atoms with Crippen LogP contribution < -0.4 is 0 Å². The van der Waals surface area contributed by atoms with Crippen LogP contribution in [0.15, 0.2) is 0 Å². The molecular weight excluding hydrogens is 108 g/mol. The van der Waals surface area contributed by atoms with E-state index < -0.39 is 0 Å². The summed E-state index contributed by atoms with van der Waals surface area (Å²) in [5, 5.41) is 0.486. The van der Waals surface area contributed by atoms with E-state index in [-0.39, 0.29) is 0 Å². The van der Waals surface area contributed by atoms with Gasteiger partial charge in [0.15, 0.2) is 0 Å². The quantitative estimate of drug-likeness (QED) is 0.468. The molecule has 0 amide bonds. The normalized spacial score (nSPS) is 42.0. The molecule has 0 aromatic rings. The van der Waals surface area contributed by atoms with Crippen molar-refractivity contribution in [1.82, 2.24) is 0 Å². The first-order valence-corrected chi connectivity index (χ1v) is 3.12. The molecule has 1 heterocycles. The SMILES string of the molecule is C[C@H]1OCC[C@H]1S. The van der Waals surface area contributed by atoms with Gasteiger partial charge in [-0.15, -0.1) is 0 Å². The van der Waals surface area contributed by atoms with Crippen molar-refractivity contribution in [2.24, 2.45) is 0 Å². The van der Waals surface area contributed by atoms with E-state index in [0.717, 1.165) is 13.0 Å². The summed E-state index contributed by atoms with van der Waals surface area (Å²) in [6.07, 6.45) is 1.49. The maximum atomic E-state index is 5.19. The van der Waals surface area contributed by atoms with Crippen LogP contribution in [0, 0.1) is 0 Å². The predicted octanol–water partition coefficient (Wildman–Crippen LogP) is 1.09. The van der Waals surface area contributed by atoms with Crippen molar-refractivity contribution in [3.63, 3.8) is 0 Å². The van der Waals surface area contributed by atoms with Crippen LogP contribution in [0.5, 0.6) is 0 Å². The zero-order valence-electron chi connectivity index (χ0n) is 4.42. The minimum atomic E-state index is 0.378. The van der Waals surface area contributed by atoms with Crippen LogP contribution in [0.1, 0.15) is 13.3 Å². The minimum absolute atomic E-state index is 0.378. The van der Waals surface area contributed by atoms with Crippen LogP contribution in [0.3, 0.4) is 0 Å². The molecule has 1 aliphatic rings. The van der Waals surface area contributed by atoms with Crippen LogP contribution in [-0.4, -0.2) is 18.0 Å². The highest BCUT2D eigenvalue weighted by molar-refractivity contribution is 7.81. The predicted molar refractivity (Wildman–Crippen MR) is 32.8 cm³/mol. The van der Waals surface area contributed by atoms with Gasteiger partial charge in [0.05, 0.1) is 6.10 Å². The number of thiol groups is 1. The van der Waals surface area contributed by atoms with Crippen molar-refractivity contribution in [3.05, 3.63) is 0 Å². The van der Waals surface area contributed by atoms with E-state index in [1.165, 1.54) is 0 Å². The Morgan fingerprint density at radius 1 is 1.71 bits per heavy atom. The van der Waals surface area contributed by atoms with Gasteiger partial charge in [0.1, 0.15) is 0 Å². The summed E-state index contributed by atoms with van der Waals surface area (Å²) in [5.74, 6) is 0. The van der Waals surface area contributed by atoms with Crippen LogP contribution in [0.2, 0.25) is 0 Å². The van der Waals surface area contributed by atoms with E-state index in [0.29, 0.717) is 11.4 Å². The molecule has 0 spiro atoms. The molecule has 0 radical (unpaired) electrons. The van der Waals surface area contributed by atoms with Crippen molar-refractivity contribution in [2.75, 3.05) is 6.61 Å². The number of ether oxygens (including phenoxy) is 1. The molecule has 1 rings (SSSR count). The average molecular weight is 118 g/mol. The van der Waals surface area contributed by atoms with Crippen LogP contribution >= 0.6 is 12.6 Å². The Morgan fingerprint density at radius 3 is 2.57 bits per heavy atom. The average Bonchev–Trinajstić information content (AvgIpc) is 1.91. The summed E-state index contributed by atoms with van der Waals surface area (Å²) < 4.78 is 5.19. The fourth-order valence-corrected chi connectivity index (χ4v) is 0.912. The highest BCUT2D eigenvalue weighted by atomic mass is 32.1. The molecule has 0 aliphatic carbocycles. The van der Waals surface area contributed by atoms with Gasteiger partial charge >= 0.3 is 0 Å². The van der Waals surface area contributed by atoms with Crippen molar-refractivity contribution >= 4 is 12.6 Å². The maximum absolute atomic E-state index is 5.19. The number of hydrogen-bond donors (Lipinski definition) is 1. The Kier molecular flexibility index (Phi) is 1.60. The fourth-order valence-electron chi connectivity index (χ4n) is 0.720. The lowest BCUT2D eigenvalue weighted by Crippen LogP contribution is -2.09. The van der Waals surface area contributed by atoms with E-state index in [1.54, 1.807) is 0 Å². The highest BCUT2D eigenvalue weighted by Gasteiger charge is 2.19. The van der Waals surface area contributed by atoms with Gasteiger partial charge in [0.25, 0.3) is 0 Å². The highest BCUT2D eigenvalue weighted by Crippen LogP contribution is 2.17. The van der Waals surface area contributed by atoms with Gasteiger partial charge < -0.3 is 4.74 Å². The molecule has 0 saturated carbocycles. The lowest BCUT2D eigenvalue weighted by atomic mass is 10.3. The zero-order chi connectivity index (χ0) is 5.28. The number of hydrogen-bond acceptors (Lipinski definition) is 2. The van der Waals surface area contributed by atoms with Gasteiger partial charge in [-0.3, -0.25) is 0 Å². The van der Waals surface area contributed by atoms with Crippen LogP contribution in [0.4, 0.5) is 0 Å². The fraction of sp³-hybridized carbons (Fsp3) is 1.00. The molecule has 7 heavy (non-hydrogen) atoms. The topological polar surface area (TPSA) is 9.23 Å². The Hall–Kier alpha value is 0.310. The van der Waals surface area contributed by atoms with Gasteiger partial charge in [-0.2, -0.15) is 12.6 Å². The molecule has 1 fully saturated rings. The van der Waals surface area contributed by atoms with Crippen molar-refractivity contribution in [3.8, 4) is 0 Å². The molecule has 42 valence electrons. The minimum Gasteiger partial charge on any atom is -0.377 e. The molecule has 2 heteroatoms. The van der Waals surface area contributed by atoms with Crippen molar-refractivity contribution in [2.45, 2.75) is 24.7 Å². The first kappa shape index (κ1) is 5.45. The molecule has 0 N–H and O–H groups in total. The van der Waals surface area contributed by atoms with E-state index in [9.17, 15) is 0 Å². The Labute approximate surface area is 49.5 Å². The Balaban J connectivity index is 2.33. The zero-order valence-corrected chi connectivity index (χ0v) is 5.32. The molecule has 0 bridgehead atoms. The molecule has 0 aromatic carbocycles. The smallest absolute Gasteiger partial charge is 0.0663 e. The van der Waals surface area contributed by atoms with Crippen molar-refractivity contribution in [1.29, 1.82) is 0 Å². The summed E-state index contributed by atoms with van der Waals surface area (Å²) in [6, 6.07) is 0. The molecule has 1 aliphatic heterocycles. The second-order valence-corrected chi connectivity index (χ2v) is 2.60. The van der Waals surface area contributed by atoms with Crippen LogP contribution in [-0.2, 0) is 4.74 Å². The largest absolute Gasteiger partial charge is 0.377 e. The maximum Gasteiger partial charge on any atom is 0.0663 e. The van der Waals surface area contributed by atoms with E-state index in [1.807, 2.05) is 0 Å². The summed E-state index contributed by atoms with van der Waals surface area (Å²) in [7, 11) is 0. The monoisotopic (exact) mass is 118 g/mol. The van der Waals surface area contributed by atoms with Gasteiger partial charge in [-0.1, -0.05) is 0 Å². The van der Waals surface area contributed by atoms with Crippen LogP contribution in [0.25, 0.3) is 0 Å². The first-order valence-electron chi connectivity index (χ1n) is 2.60. The lowest BCUT2D eigenvalue weighted by molar-refractivity contribution is 0.127. The van der Waals surface area contributed by atoms with Gasteiger partial charge in [-0.25, -0.2) is 0 Å². The standard InChI is InChI=1S/C5H10OS/c1-4-5(7)2-3-6-4/h4-5,7H,2-3H2,1H3/t4-,5-/m1/s1. The second-order valence-electron chi connectivity index (χ2n) is 1.93. The third kappa shape index (κ3) is 1.10. The summed E-state index contributed by atoms with van der Waals surface area (Å²) in [4.78, 5) is 0. The van der Waals surface area contributed by atoms with Crippen molar-refractivity contribution < 1.29 is 4.74 Å². The lowest BCUT2D eigenvalue weighted by Gasteiger charge is -2.03. The van der Waals surface area contributed by atoms with Gasteiger partial charge in [0.2, 0.25) is 0 Å². The third-order valence-corrected chi connectivity index (χ3v) is 2.01. The Morgan fingerprint density at radius 2 is 2.43 bits per heavy atom. The molecule has 2 atom stereocenters. The van der Waals surface area contributed by atoms with E-state index in [2.05, 4.69) is 19.6 Å². The second kappa shape index (κ2) is 2.05. The summed E-state index contributed by atoms with van der Waals surface area (Å²) in [5.41, 5.74) is 0. The molecule has 1 nitrogen and oxygen atoms in total. The molecular formula is C5H10OS. The summed E-state index contributed by atoms with van der Waals surface area (Å²) in [6.45, 7) is 2.96. The number of rotatable bonds is 0. The Bertz CT molecular complexity index is 57.1.